The number of aromatic nitrogens is 3. The van der Waals surface area contributed by atoms with E-state index in [4.69, 9.17) is 4.42 Å². The first kappa shape index (κ1) is 13.1. The molecule has 0 unspecified atom stereocenters. The number of carbonyl (C=O) groups excluding carboxylic acids is 1. The SMILES string of the molecule is O=C(Nc1nc2cccc(-c3ccoc3)n2n1)C1CCCC1. The molecule has 6 nitrogen and oxygen atoms in total. The Morgan fingerprint density at radius 3 is 2.91 bits per heavy atom. The van der Waals surface area contributed by atoms with Crippen LogP contribution in [0.5, 0.6) is 0 Å². The molecule has 6 heteroatoms. The van der Waals surface area contributed by atoms with Crippen molar-refractivity contribution in [1.29, 1.82) is 0 Å². The minimum atomic E-state index is 0.0262. The van der Waals surface area contributed by atoms with Crippen LogP contribution in [0.3, 0.4) is 0 Å². The molecule has 1 amide bonds. The molecule has 1 N–H and O–H groups in total. The zero-order valence-electron chi connectivity index (χ0n) is 12.0. The molecule has 1 saturated carbocycles. The van der Waals surface area contributed by atoms with Crippen LogP contribution in [-0.2, 0) is 4.79 Å². The molecular formula is C16H16N4O2. The van der Waals surface area contributed by atoms with Crippen molar-refractivity contribution in [3.63, 3.8) is 0 Å². The third-order valence-electron chi connectivity index (χ3n) is 4.14. The summed E-state index contributed by atoms with van der Waals surface area (Å²) in [7, 11) is 0. The summed E-state index contributed by atoms with van der Waals surface area (Å²) in [5.74, 6) is 0.478. The van der Waals surface area contributed by atoms with Crippen molar-refractivity contribution < 1.29 is 9.21 Å². The van der Waals surface area contributed by atoms with E-state index in [9.17, 15) is 4.79 Å². The maximum absolute atomic E-state index is 12.2. The first-order valence-corrected chi connectivity index (χ1v) is 7.50. The lowest BCUT2D eigenvalue weighted by Crippen LogP contribution is -2.21. The summed E-state index contributed by atoms with van der Waals surface area (Å²) < 4.78 is 6.84. The number of fused-ring (bicyclic) bond motifs is 1. The number of hydrogen-bond acceptors (Lipinski definition) is 4. The van der Waals surface area contributed by atoms with Crippen LogP contribution in [0.25, 0.3) is 16.9 Å². The van der Waals surface area contributed by atoms with E-state index in [-0.39, 0.29) is 11.8 Å². The van der Waals surface area contributed by atoms with Gasteiger partial charge in [-0.05, 0) is 31.0 Å². The van der Waals surface area contributed by atoms with Crippen LogP contribution in [0.15, 0.2) is 41.2 Å². The predicted octanol–water partition coefficient (Wildman–Crippen LogP) is 3.12. The molecule has 112 valence electrons. The second kappa shape index (κ2) is 5.29. The first-order valence-electron chi connectivity index (χ1n) is 7.50. The number of carbonyl (C=O) groups is 1. The zero-order chi connectivity index (χ0) is 14.9. The summed E-state index contributed by atoms with van der Waals surface area (Å²) in [6, 6.07) is 7.58. The van der Waals surface area contributed by atoms with Crippen LogP contribution in [-0.4, -0.2) is 20.5 Å². The van der Waals surface area contributed by atoms with Gasteiger partial charge in [0.2, 0.25) is 11.9 Å². The molecule has 0 aromatic carbocycles. The lowest BCUT2D eigenvalue weighted by Gasteiger charge is -2.06. The van der Waals surface area contributed by atoms with Crippen molar-refractivity contribution in [3.05, 3.63) is 36.8 Å². The predicted molar refractivity (Wildman–Crippen MR) is 81.3 cm³/mol. The van der Waals surface area contributed by atoms with Gasteiger partial charge < -0.3 is 4.42 Å². The molecule has 0 radical (unpaired) electrons. The molecule has 0 bridgehead atoms. The minimum absolute atomic E-state index is 0.0262. The quantitative estimate of drug-likeness (QED) is 0.806. The maximum atomic E-state index is 12.2. The average molecular weight is 296 g/mol. The molecule has 4 rings (SSSR count). The van der Waals surface area contributed by atoms with Crippen molar-refractivity contribution in [2.45, 2.75) is 25.7 Å². The van der Waals surface area contributed by atoms with Crippen LogP contribution in [0, 0.1) is 5.92 Å². The Bertz CT molecular complexity index is 801. The lowest BCUT2D eigenvalue weighted by atomic mass is 10.1. The smallest absolute Gasteiger partial charge is 0.249 e. The molecule has 0 atom stereocenters. The second-order valence-corrected chi connectivity index (χ2v) is 5.60. The number of anilines is 1. The van der Waals surface area contributed by atoms with Gasteiger partial charge in [0.15, 0.2) is 5.65 Å². The number of nitrogens with one attached hydrogen (secondary N) is 1. The standard InChI is InChI=1S/C16H16N4O2/c21-15(11-4-1-2-5-11)18-16-17-14-7-3-6-13(20(14)19-16)12-8-9-22-10-12/h3,6-11H,1-2,4-5H2,(H,18,19,21). The van der Waals surface area contributed by atoms with Gasteiger partial charge in [-0.25, -0.2) is 4.52 Å². The molecule has 3 aromatic rings. The van der Waals surface area contributed by atoms with Gasteiger partial charge in [-0.3, -0.25) is 10.1 Å². The minimum Gasteiger partial charge on any atom is -0.472 e. The molecular weight excluding hydrogens is 280 g/mol. The maximum Gasteiger partial charge on any atom is 0.249 e. The van der Waals surface area contributed by atoms with E-state index in [1.54, 1.807) is 17.0 Å². The van der Waals surface area contributed by atoms with Gasteiger partial charge in [0, 0.05) is 11.5 Å². The second-order valence-electron chi connectivity index (χ2n) is 5.60. The molecule has 22 heavy (non-hydrogen) atoms. The fourth-order valence-electron chi connectivity index (χ4n) is 2.99. The summed E-state index contributed by atoms with van der Waals surface area (Å²) in [6.45, 7) is 0. The lowest BCUT2D eigenvalue weighted by molar-refractivity contribution is -0.119. The largest absolute Gasteiger partial charge is 0.472 e. The third kappa shape index (κ3) is 2.26. The summed E-state index contributed by atoms with van der Waals surface area (Å²) in [6.07, 6.45) is 7.45. The van der Waals surface area contributed by atoms with Crippen molar-refractivity contribution in [1.82, 2.24) is 14.6 Å². The fraction of sp³-hybridized carbons (Fsp3) is 0.312. The van der Waals surface area contributed by atoms with Gasteiger partial charge in [-0.15, -0.1) is 5.10 Å². The third-order valence-corrected chi connectivity index (χ3v) is 4.14. The fourth-order valence-corrected chi connectivity index (χ4v) is 2.99. The molecule has 0 saturated heterocycles. The highest BCUT2D eigenvalue weighted by molar-refractivity contribution is 5.91. The van der Waals surface area contributed by atoms with Crippen molar-refractivity contribution in [2.75, 3.05) is 5.32 Å². The topological polar surface area (TPSA) is 72.4 Å². The van der Waals surface area contributed by atoms with E-state index in [0.717, 1.165) is 36.9 Å². The van der Waals surface area contributed by atoms with Gasteiger partial charge in [0.25, 0.3) is 0 Å². The normalized spacial score (nSPS) is 15.5. The van der Waals surface area contributed by atoms with Crippen LogP contribution < -0.4 is 5.32 Å². The number of rotatable bonds is 3. The Labute approximate surface area is 127 Å². The highest BCUT2D eigenvalue weighted by Crippen LogP contribution is 2.26. The molecule has 3 heterocycles. The number of hydrogen-bond donors (Lipinski definition) is 1. The number of amides is 1. The van der Waals surface area contributed by atoms with Crippen molar-refractivity contribution >= 4 is 17.5 Å². The summed E-state index contributed by atoms with van der Waals surface area (Å²) in [5, 5.41) is 7.25. The van der Waals surface area contributed by atoms with Gasteiger partial charge >= 0.3 is 0 Å². The molecule has 3 aromatic heterocycles. The van der Waals surface area contributed by atoms with Crippen molar-refractivity contribution in [3.8, 4) is 11.3 Å². The van der Waals surface area contributed by atoms with Crippen LogP contribution in [0.4, 0.5) is 5.95 Å². The molecule has 1 fully saturated rings. The van der Waals surface area contributed by atoms with E-state index in [1.807, 2.05) is 24.3 Å². The van der Waals surface area contributed by atoms with Crippen LogP contribution in [0.2, 0.25) is 0 Å². The van der Waals surface area contributed by atoms with E-state index in [1.165, 1.54) is 0 Å². The molecule has 0 aliphatic heterocycles. The van der Waals surface area contributed by atoms with Crippen LogP contribution >= 0.6 is 0 Å². The van der Waals surface area contributed by atoms with Gasteiger partial charge in [0.1, 0.15) is 0 Å². The number of pyridine rings is 1. The van der Waals surface area contributed by atoms with Crippen LogP contribution in [0.1, 0.15) is 25.7 Å². The van der Waals surface area contributed by atoms with Gasteiger partial charge in [0.05, 0.1) is 18.2 Å². The summed E-state index contributed by atoms with van der Waals surface area (Å²) >= 11 is 0. The average Bonchev–Trinajstić information content (AvgIpc) is 3.26. The summed E-state index contributed by atoms with van der Waals surface area (Å²) in [4.78, 5) is 16.6. The van der Waals surface area contributed by atoms with Gasteiger partial charge in [-0.2, -0.15) is 4.98 Å². The van der Waals surface area contributed by atoms with Crippen molar-refractivity contribution in [2.24, 2.45) is 5.92 Å². The highest BCUT2D eigenvalue weighted by Gasteiger charge is 2.23. The van der Waals surface area contributed by atoms with E-state index in [0.29, 0.717) is 11.6 Å². The Hall–Kier alpha value is -2.63. The molecule has 1 aliphatic rings. The van der Waals surface area contributed by atoms with E-state index < -0.39 is 0 Å². The first-order chi connectivity index (χ1) is 10.8. The zero-order valence-corrected chi connectivity index (χ0v) is 12.0. The van der Waals surface area contributed by atoms with Gasteiger partial charge in [-0.1, -0.05) is 18.9 Å². The highest BCUT2D eigenvalue weighted by atomic mass is 16.3. The summed E-state index contributed by atoms with van der Waals surface area (Å²) in [5.41, 5.74) is 2.49. The number of furan rings is 1. The monoisotopic (exact) mass is 296 g/mol. The molecule has 0 spiro atoms. The Morgan fingerprint density at radius 2 is 2.14 bits per heavy atom. The Morgan fingerprint density at radius 1 is 1.27 bits per heavy atom. The van der Waals surface area contributed by atoms with E-state index >= 15 is 0 Å². The molecule has 1 aliphatic carbocycles. The Balaban J connectivity index is 1.66. The Kier molecular flexibility index (Phi) is 3.14. The number of nitrogens with zero attached hydrogens (tertiary/aromatic N) is 3. The van der Waals surface area contributed by atoms with E-state index in [2.05, 4.69) is 15.4 Å².